The molecule has 2 aromatic rings. The van der Waals surface area contributed by atoms with Crippen LogP contribution in [0.15, 0.2) is 24.3 Å². The van der Waals surface area contributed by atoms with Gasteiger partial charge in [0.05, 0.1) is 17.0 Å². The predicted molar refractivity (Wildman–Crippen MR) is 94.0 cm³/mol. The Balaban J connectivity index is 2.36. The molecule has 6 heteroatoms. The summed E-state index contributed by atoms with van der Waals surface area (Å²) in [6.45, 7) is 8.24. The number of hydrogen-bond acceptors (Lipinski definition) is 5. The first-order valence-electron chi connectivity index (χ1n) is 7.81. The quantitative estimate of drug-likeness (QED) is 0.900. The van der Waals surface area contributed by atoms with E-state index >= 15 is 0 Å². The lowest BCUT2D eigenvalue weighted by molar-refractivity contribution is 0.0958. The summed E-state index contributed by atoms with van der Waals surface area (Å²) in [4.78, 5) is 20.4. The van der Waals surface area contributed by atoms with E-state index < -0.39 is 0 Å². The molecule has 3 N–H and O–H groups in total. The SMILES string of the molecule is CNC(=O)c1c(C)nc(N)nc1COc1ccccc1C(C)(C)C. The number of aromatic nitrogens is 2. The molecule has 0 atom stereocenters. The first kappa shape index (κ1) is 17.7. The normalized spacial score (nSPS) is 11.2. The Morgan fingerprint density at radius 2 is 1.92 bits per heavy atom. The van der Waals surface area contributed by atoms with E-state index in [0.29, 0.717) is 17.0 Å². The second-order valence-corrected chi connectivity index (χ2v) is 6.60. The molecule has 0 unspecified atom stereocenters. The zero-order chi connectivity index (χ0) is 17.9. The molecule has 0 fully saturated rings. The number of rotatable bonds is 4. The lowest BCUT2D eigenvalue weighted by atomic mass is 9.86. The van der Waals surface area contributed by atoms with Crippen molar-refractivity contribution in [2.45, 2.75) is 39.7 Å². The van der Waals surface area contributed by atoms with Crippen molar-refractivity contribution in [1.82, 2.24) is 15.3 Å². The number of carbonyl (C=O) groups excluding carboxylic acids is 1. The summed E-state index contributed by atoms with van der Waals surface area (Å²) in [5.41, 5.74) is 8.17. The standard InChI is InChI=1S/C18H24N4O2/c1-11-15(16(23)20-5)13(22-17(19)21-11)10-24-14-9-7-6-8-12(14)18(2,3)4/h6-9H,10H2,1-5H3,(H,20,23)(H2,19,21,22). The van der Waals surface area contributed by atoms with E-state index in [0.717, 1.165) is 11.3 Å². The number of para-hydroxylation sites is 1. The van der Waals surface area contributed by atoms with Crippen LogP contribution >= 0.6 is 0 Å². The van der Waals surface area contributed by atoms with Crippen LogP contribution in [0.2, 0.25) is 0 Å². The molecule has 0 aliphatic heterocycles. The number of benzene rings is 1. The van der Waals surface area contributed by atoms with Crippen molar-refractivity contribution < 1.29 is 9.53 Å². The van der Waals surface area contributed by atoms with E-state index in [1.165, 1.54) is 0 Å². The van der Waals surface area contributed by atoms with E-state index in [2.05, 4.69) is 36.1 Å². The fourth-order valence-electron chi connectivity index (χ4n) is 2.54. The molecule has 0 saturated carbocycles. The smallest absolute Gasteiger partial charge is 0.254 e. The number of aryl methyl sites for hydroxylation is 1. The summed E-state index contributed by atoms with van der Waals surface area (Å²) < 4.78 is 5.97. The van der Waals surface area contributed by atoms with Gasteiger partial charge in [0.25, 0.3) is 5.91 Å². The van der Waals surface area contributed by atoms with Crippen LogP contribution in [-0.4, -0.2) is 22.9 Å². The zero-order valence-corrected chi connectivity index (χ0v) is 14.8. The van der Waals surface area contributed by atoms with E-state index in [4.69, 9.17) is 10.5 Å². The van der Waals surface area contributed by atoms with Crippen molar-refractivity contribution in [1.29, 1.82) is 0 Å². The fraction of sp³-hybridized carbons (Fsp3) is 0.389. The Kier molecular flexibility index (Phi) is 5.07. The summed E-state index contributed by atoms with van der Waals surface area (Å²) in [7, 11) is 1.57. The fourth-order valence-corrected chi connectivity index (χ4v) is 2.54. The largest absolute Gasteiger partial charge is 0.487 e. The summed E-state index contributed by atoms with van der Waals surface area (Å²) in [6.07, 6.45) is 0. The van der Waals surface area contributed by atoms with Gasteiger partial charge in [-0.2, -0.15) is 0 Å². The molecule has 0 saturated heterocycles. The van der Waals surface area contributed by atoms with Crippen molar-refractivity contribution in [3.8, 4) is 5.75 Å². The van der Waals surface area contributed by atoms with Crippen LogP contribution in [0.5, 0.6) is 5.75 Å². The predicted octanol–water partition coefficient (Wildman–Crippen LogP) is 2.60. The summed E-state index contributed by atoms with van der Waals surface area (Å²) in [6, 6.07) is 7.85. The van der Waals surface area contributed by atoms with Gasteiger partial charge in [-0.05, 0) is 24.0 Å². The Morgan fingerprint density at radius 3 is 2.54 bits per heavy atom. The summed E-state index contributed by atoms with van der Waals surface area (Å²) >= 11 is 0. The number of ether oxygens (including phenoxy) is 1. The Labute approximate surface area is 142 Å². The number of nitrogens with one attached hydrogen (secondary N) is 1. The monoisotopic (exact) mass is 328 g/mol. The number of hydrogen-bond donors (Lipinski definition) is 2. The number of nitrogens with two attached hydrogens (primary N) is 1. The number of anilines is 1. The summed E-state index contributed by atoms with van der Waals surface area (Å²) in [5.74, 6) is 0.640. The van der Waals surface area contributed by atoms with E-state index in [-0.39, 0.29) is 23.9 Å². The van der Waals surface area contributed by atoms with Crippen LogP contribution in [-0.2, 0) is 12.0 Å². The highest BCUT2D eigenvalue weighted by molar-refractivity contribution is 5.96. The molecule has 1 heterocycles. The Bertz CT molecular complexity index is 751. The van der Waals surface area contributed by atoms with E-state index in [9.17, 15) is 4.79 Å². The van der Waals surface area contributed by atoms with Gasteiger partial charge < -0.3 is 15.8 Å². The lowest BCUT2D eigenvalue weighted by Crippen LogP contribution is -2.24. The van der Waals surface area contributed by atoms with Crippen LogP contribution < -0.4 is 15.8 Å². The third-order valence-electron chi connectivity index (χ3n) is 3.70. The van der Waals surface area contributed by atoms with Gasteiger partial charge in [-0.15, -0.1) is 0 Å². The molecule has 0 aliphatic carbocycles. The molecule has 0 aliphatic rings. The maximum absolute atomic E-state index is 12.1. The topological polar surface area (TPSA) is 90.1 Å². The highest BCUT2D eigenvalue weighted by atomic mass is 16.5. The number of amides is 1. The van der Waals surface area contributed by atoms with Crippen molar-refractivity contribution >= 4 is 11.9 Å². The minimum atomic E-state index is -0.254. The molecule has 0 radical (unpaired) electrons. The van der Waals surface area contributed by atoms with Crippen LogP contribution in [0.1, 0.15) is 48.1 Å². The van der Waals surface area contributed by atoms with Gasteiger partial charge in [-0.3, -0.25) is 4.79 Å². The Morgan fingerprint density at radius 1 is 1.25 bits per heavy atom. The Hall–Kier alpha value is -2.63. The minimum absolute atomic E-state index is 0.0547. The number of carbonyl (C=O) groups is 1. The third-order valence-corrected chi connectivity index (χ3v) is 3.70. The maximum atomic E-state index is 12.1. The molecule has 128 valence electrons. The molecule has 2 rings (SSSR count). The number of nitrogens with zero attached hydrogens (tertiary/aromatic N) is 2. The first-order valence-corrected chi connectivity index (χ1v) is 7.81. The third kappa shape index (κ3) is 3.82. The molecule has 1 aromatic carbocycles. The molecule has 1 amide bonds. The van der Waals surface area contributed by atoms with Crippen LogP contribution in [0.4, 0.5) is 5.95 Å². The summed E-state index contributed by atoms with van der Waals surface area (Å²) in [5, 5.41) is 2.60. The van der Waals surface area contributed by atoms with Gasteiger partial charge in [-0.25, -0.2) is 9.97 Å². The molecule has 1 aromatic heterocycles. The highest BCUT2D eigenvalue weighted by Crippen LogP contribution is 2.31. The van der Waals surface area contributed by atoms with E-state index in [1.807, 2.05) is 24.3 Å². The molecule has 24 heavy (non-hydrogen) atoms. The average Bonchev–Trinajstić information content (AvgIpc) is 2.51. The van der Waals surface area contributed by atoms with Crippen molar-refractivity contribution in [3.63, 3.8) is 0 Å². The molecular weight excluding hydrogens is 304 g/mol. The van der Waals surface area contributed by atoms with Crippen molar-refractivity contribution in [3.05, 3.63) is 46.8 Å². The molecular formula is C18H24N4O2. The minimum Gasteiger partial charge on any atom is -0.487 e. The van der Waals surface area contributed by atoms with Crippen molar-refractivity contribution in [2.75, 3.05) is 12.8 Å². The first-order chi connectivity index (χ1) is 11.2. The molecule has 0 bridgehead atoms. The van der Waals surface area contributed by atoms with Gasteiger partial charge in [0.2, 0.25) is 5.95 Å². The second-order valence-electron chi connectivity index (χ2n) is 6.60. The van der Waals surface area contributed by atoms with Gasteiger partial charge in [0.1, 0.15) is 12.4 Å². The van der Waals surface area contributed by atoms with Crippen molar-refractivity contribution in [2.24, 2.45) is 0 Å². The van der Waals surface area contributed by atoms with Gasteiger partial charge in [0, 0.05) is 7.05 Å². The van der Waals surface area contributed by atoms with Gasteiger partial charge in [0.15, 0.2) is 0 Å². The second kappa shape index (κ2) is 6.86. The zero-order valence-electron chi connectivity index (χ0n) is 14.8. The van der Waals surface area contributed by atoms with E-state index in [1.54, 1.807) is 14.0 Å². The highest BCUT2D eigenvalue weighted by Gasteiger charge is 2.21. The van der Waals surface area contributed by atoms with Crippen LogP contribution in [0.25, 0.3) is 0 Å². The maximum Gasteiger partial charge on any atom is 0.254 e. The van der Waals surface area contributed by atoms with Gasteiger partial charge in [-0.1, -0.05) is 39.0 Å². The van der Waals surface area contributed by atoms with Gasteiger partial charge >= 0.3 is 0 Å². The molecule has 6 nitrogen and oxygen atoms in total. The lowest BCUT2D eigenvalue weighted by Gasteiger charge is -2.23. The molecule has 0 spiro atoms. The number of nitrogen functional groups attached to an aromatic ring is 1. The average molecular weight is 328 g/mol. The van der Waals surface area contributed by atoms with Crippen LogP contribution in [0, 0.1) is 6.92 Å². The van der Waals surface area contributed by atoms with Crippen LogP contribution in [0.3, 0.4) is 0 Å².